The molecule has 2 aromatic carbocycles. The maximum Gasteiger partial charge on any atom is 0.175 e. The van der Waals surface area contributed by atoms with E-state index in [4.69, 9.17) is 21.7 Å². The second kappa shape index (κ2) is 9.86. The van der Waals surface area contributed by atoms with Crippen LogP contribution in [0, 0.1) is 0 Å². The molecule has 0 radical (unpaired) electrons. The average Bonchev–Trinajstić information content (AvgIpc) is 2.58. The molecule has 134 valence electrons. The molecule has 25 heavy (non-hydrogen) atoms. The molecule has 0 unspecified atom stereocenters. The average molecular weight is 359 g/mol. The van der Waals surface area contributed by atoms with Gasteiger partial charge in [-0.1, -0.05) is 0 Å². The molecule has 0 amide bonds. The van der Waals surface area contributed by atoms with E-state index in [0.717, 1.165) is 29.4 Å². The molecule has 0 aromatic heterocycles. The summed E-state index contributed by atoms with van der Waals surface area (Å²) in [6.07, 6.45) is 0. The zero-order valence-corrected chi connectivity index (χ0v) is 15.7. The Kier molecular flexibility index (Phi) is 7.50. The molecule has 0 bridgehead atoms. The van der Waals surface area contributed by atoms with Crippen molar-refractivity contribution in [2.75, 3.05) is 44.5 Å². The summed E-state index contributed by atoms with van der Waals surface area (Å²) in [7, 11) is 4.05. The number of benzene rings is 2. The van der Waals surface area contributed by atoms with Gasteiger partial charge in [-0.15, -0.1) is 0 Å². The first-order valence-corrected chi connectivity index (χ1v) is 8.66. The van der Waals surface area contributed by atoms with E-state index >= 15 is 0 Å². The molecule has 0 aliphatic heterocycles. The Morgan fingerprint density at radius 1 is 0.880 bits per heavy atom. The predicted octanol–water partition coefficient (Wildman–Crippen LogP) is 3.83. The summed E-state index contributed by atoms with van der Waals surface area (Å²) in [4.78, 5) is 2.08. The largest absolute Gasteiger partial charge is 0.494 e. The highest BCUT2D eigenvalue weighted by Gasteiger charge is 2.01. The van der Waals surface area contributed by atoms with Crippen molar-refractivity contribution in [3.05, 3.63) is 48.5 Å². The zero-order chi connectivity index (χ0) is 18.1. The van der Waals surface area contributed by atoms with Crippen molar-refractivity contribution >= 4 is 28.7 Å². The van der Waals surface area contributed by atoms with E-state index in [1.54, 1.807) is 0 Å². The summed E-state index contributed by atoms with van der Waals surface area (Å²) >= 11 is 5.34. The van der Waals surface area contributed by atoms with E-state index in [1.807, 2.05) is 69.6 Å². The Hall–Kier alpha value is -2.31. The second-order valence-corrected chi connectivity index (χ2v) is 6.12. The molecule has 0 atom stereocenters. The van der Waals surface area contributed by atoms with Crippen LogP contribution in [0.15, 0.2) is 48.5 Å². The van der Waals surface area contributed by atoms with Crippen molar-refractivity contribution in [2.45, 2.75) is 6.92 Å². The minimum atomic E-state index is 0.533. The minimum Gasteiger partial charge on any atom is -0.494 e. The lowest BCUT2D eigenvalue weighted by molar-refractivity contribution is 0.261. The summed E-state index contributed by atoms with van der Waals surface area (Å²) in [6, 6.07) is 15.4. The Bertz CT molecular complexity index is 657. The Morgan fingerprint density at radius 2 is 1.36 bits per heavy atom. The molecule has 0 spiro atoms. The van der Waals surface area contributed by atoms with Crippen LogP contribution in [0.4, 0.5) is 11.4 Å². The SMILES string of the molecule is CCOc1ccc(NC(=S)Nc2ccc(OCCN(C)C)cc2)cc1. The van der Waals surface area contributed by atoms with Crippen LogP contribution in [-0.2, 0) is 0 Å². The van der Waals surface area contributed by atoms with Crippen LogP contribution in [0.5, 0.6) is 11.5 Å². The molecule has 6 heteroatoms. The van der Waals surface area contributed by atoms with Crippen LogP contribution >= 0.6 is 12.2 Å². The number of nitrogens with one attached hydrogen (secondary N) is 2. The van der Waals surface area contributed by atoms with E-state index in [9.17, 15) is 0 Å². The van der Waals surface area contributed by atoms with Gasteiger partial charge >= 0.3 is 0 Å². The van der Waals surface area contributed by atoms with Crippen molar-refractivity contribution in [2.24, 2.45) is 0 Å². The molecule has 0 fully saturated rings. The first-order valence-electron chi connectivity index (χ1n) is 8.25. The predicted molar refractivity (Wildman–Crippen MR) is 108 cm³/mol. The molecule has 0 saturated carbocycles. The lowest BCUT2D eigenvalue weighted by Crippen LogP contribution is -2.19. The maximum absolute atomic E-state index is 5.67. The van der Waals surface area contributed by atoms with Crippen LogP contribution in [-0.4, -0.2) is 43.9 Å². The van der Waals surface area contributed by atoms with Gasteiger partial charge in [-0.05, 0) is 81.8 Å². The van der Waals surface area contributed by atoms with Gasteiger partial charge in [-0.2, -0.15) is 0 Å². The lowest BCUT2D eigenvalue weighted by Gasteiger charge is -2.13. The van der Waals surface area contributed by atoms with Gasteiger partial charge in [0.25, 0.3) is 0 Å². The quantitative estimate of drug-likeness (QED) is 0.699. The molecule has 2 N–H and O–H groups in total. The van der Waals surface area contributed by atoms with E-state index in [1.165, 1.54) is 0 Å². The van der Waals surface area contributed by atoms with Crippen LogP contribution < -0.4 is 20.1 Å². The molecule has 2 rings (SSSR count). The topological polar surface area (TPSA) is 45.8 Å². The van der Waals surface area contributed by atoms with Crippen molar-refractivity contribution in [3.63, 3.8) is 0 Å². The number of likely N-dealkylation sites (N-methyl/N-ethyl adjacent to an activating group) is 1. The van der Waals surface area contributed by atoms with Gasteiger partial charge in [-0.3, -0.25) is 0 Å². The van der Waals surface area contributed by atoms with Crippen LogP contribution in [0.1, 0.15) is 6.92 Å². The van der Waals surface area contributed by atoms with Gasteiger partial charge in [-0.25, -0.2) is 0 Å². The fourth-order valence-electron chi connectivity index (χ4n) is 2.08. The van der Waals surface area contributed by atoms with Gasteiger partial charge in [0.1, 0.15) is 18.1 Å². The van der Waals surface area contributed by atoms with Gasteiger partial charge in [0.05, 0.1) is 6.61 Å². The highest BCUT2D eigenvalue weighted by atomic mass is 32.1. The Labute approximate surface area is 154 Å². The van der Waals surface area contributed by atoms with Gasteiger partial charge in [0, 0.05) is 17.9 Å². The van der Waals surface area contributed by atoms with Gasteiger partial charge in [0.2, 0.25) is 0 Å². The number of hydrogen-bond acceptors (Lipinski definition) is 4. The van der Waals surface area contributed by atoms with E-state index < -0.39 is 0 Å². The number of ether oxygens (including phenoxy) is 2. The summed E-state index contributed by atoms with van der Waals surface area (Å²) in [5, 5.41) is 6.84. The van der Waals surface area contributed by atoms with Crippen molar-refractivity contribution in [1.82, 2.24) is 4.90 Å². The molecule has 0 aliphatic rings. The molecule has 5 nitrogen and oxygen atoms in total. The van der Waals surface area contributed by atoms with E-state index in [2.05, 4.69) is 15.5 Å². The molecule has 0 heterocycles. The molecule has 0 aliphatic carbocycles. The normalized spacial score (nSPS) is 10.4. The number of hydrogen-bond donors (Lipinski definition) is 2. The third kappa shape index (κ3) is 6.99. The molecular formula is C19H25N3O2S. The fourth-order valence-corrected chi connectivity index (χ4v) is 2.31. The van der Waals surface area contributed by atoms with Crippen LogP contribution in [0.25, 0.3) is 0 Å². The summed E-state index contributed by atoms with van der Waals surface area (Å²) in [5.74, 6) is 1.69. The number of rotatable bonds is 8. The number of nitrogens with zero attached hydrogens (tertiary/aromatic N) is 1. The van der Waals surface area contributed by atoms with Gasteiger partial charge < -0.3 is 25.0 Å². The summed E-state index contributed by atoms with van der Waals surface area (Å²) < 4.78 is 11.1. The van der Waals surface area contributed by atoms with E-state index in [-0.39, 0.29) is 0 Å². The third-order valence-corrected chi connectivity index (χ3v) is 3.55. The number of anilines is 2. The Morgan fingerprint density at radius 3 is 1.80 bits per heavy atom. The highest BCUT2D eigenvalue weighted by molar-refractivity contribution is 7.80. The van der Waals surface area contributed by atoms with E-state index in [0.29, 0.717) is 18.3 Å². The smallest absolute Gasteiger partial charge is 0.175 e. The maximum atomic E-state index is 5.67. The minimum absolute atomic E-state index is 0.533. The monoisotopic (exact) mass is 359 g/mol. The summed E-state index contributed by atoms with van der Waals surface area (Å²) in [5.41, 5.74) is 1.81. The third-order valence-electron chi connectivity index (χ3n) is 3.34. The molecule has 2 aromatic rings. The first kappa shape index (κ1) is 19.0. The van der Waals surface area contributed by atoms with Crippen LogP contribution in [0.3, 0.4) is 0 Å². The fraction of sp³-hybridized carbons (Fsp3) is 0.316. The van der Waals surface area contributed by atoms with Crippen molar-refractivity contribution < 1.29 is 9.47 Å². The van der Waals surface area contributed by atoms with Crippen molar-refractivity contribution in [3.8, 4) is 11.5 Å². The standard InChI is InChI=1S/C19H25N3O2S/c1-4-23-17-9-5-15(6-10-17)20-19(25)21-16-7-11-18(12-8-16)24-14-13-22(2)3/h5-12H,4,13-14H2,1-3H3,(H2,20,21,25). The zero-order valence-electron chi connectivity index (χ0n) is 14.9. The highest BCUT2D eigenvalue weighted by Crippen LogP contribution is 2.18. The Balaban J connectivity index is 1.81. The first-order chi connectivity index (χ1) is 12.1. The number of thiocarbonyl (C=S) groups is 1. The van der Waals surface area contributed by atoms with Crippen LogP contribution in [0.2, 0.25) is 0 Å². The molecular weight excluding hydrogens is 334 g/mol. The summed E-state index contributed by atoms with van der Waals surface area (Å²) in [6.45, 7) is 4.17. The second-order valence-electron chi connectivity index (χ2n) is 5.71. The molecule has 0 saturated heterocycles. The lowest BCUT2D eigenvalue weighted by atomic mass is 10.3. The van der Waals surface area contributed by atoms with Gasteiger partial charge in [0.15, 0.2) is 5.11 Å². The van der Waals surface area contributed by atoms with Crippen molar-refractivity contribution in [1.29, 1.82) is 0 Å².